The molecule has 2 rings (SSSR count). The van der Waals surface area contributed by atoms with E-state index >= 15 is 0 Å². The summed E-state index contributed by atoms with van der Waals surface area (Å²) in [6, 6.07) is 6.81. The van der Waals surface area contributed by atoms with Gasteiger partial charge >= 0.3 is 0 Å². The second-order valence-electron chi connectivity index (χ2n) is 4.36. The molecular formula is C13H16ClF. The Morgan fingerprint density at radius 2 is 1.80 bits per heavy atom. The molecule has 1 aromatic rings. The van der Waals surface area contributed by atoms with Crippen LogP contribution < -0.4 is 0 Å². The van der Waals surface area contributed by atoms with E-state index in [4.69, 9.17) is 11.6 Å². The molecule has 0 saturated heterocycles. The van der Waals surface area contributed by atoms with Crippen molar-refractivity contribution in [3.05, 3.63) is 35.6 Å². The van der Waals surface area contributed by atoms with Crippen molar-refractivity contribution in [2.75, 3.05) is 5.88 Å². The molecule has 0 radical (unpaired) electrons. The summed E-state index contributed by atoms with van der Waals surface area (Å²) in [4.78, 5) is 0. The zero-order valence-electron chi connectivity index (χ0n) is 8.76. The minimum absolute atomic E-state index is 0.168. The van der Waals surface area contributed by atoms with Crippen molar-refractivity contribution in [1.82, 2.24) is 0 Å². The van der Waals surface area contributed by atoms with Gasteiger partial charge in [0, 0.05) is 11.8 Å². The molecule has 0 spiro atoms. The van der Waals surface area contributed by atoms with Crippen molar-refractivity contribution in [2.24, 2.45) is 5.92 Å². The van der Waals surface area contributed by atoms with Crippen molar-refractivity contribution in [3.63, 3.8) is 0 Å². The number of hydrogen-bond donors (Lipinski definition) is 0. The highest BCUT2D eigenvalue weighted by molar-refractivity contribution is 6.18. The maximum atomic E-state index is 12.8. The summed E-state index contributed by atoms with van der Waals surface area (Å²) >= 11 is 6.03. The molecule has 1 aliphatic carbocycles. The van der Waals surface area contributed by atoms with E-state index in [1.54, 1.807) is 0 Å². The highest BCUT2D eigenvalue weighted by Crippen LogP contribution is 2.37. The third-order valence-electron chi connectivity index (χ3n) is 3.43. The van der Waals surface area contributed by atoms with E-state index in [9.17, 15) is 4.39 Å². The molecule has 0 aromatic heterocycles. The maximum Gasteiger partial charge on any atom is 0.123 e. The molecular weight excluding hydrogens is 211 g/mol. The van der Waals surface area contributed by atoms with Crippen LogP contribution in [-0.4, -0.2) is 5.88 Å². The summed E-state index contributed by atoms with van der Waals surface area (Å²) in [5, 5.41) is 0. The first kappa shape index (κ1) is 10.9. The lowest BCUT2D eigenvalue weighted by atomic mass is 9.86. The zero-order chi connectivity index (χ0) is 10.7. The van der Waals surface area contributed by atoms with Crippen molar-refractivity contribution in [3.8, 4) is 0 Å². The Bertz CT molecular complexity index is 301. The third-order valence-corrected chi connectivity index (χ3v) is 3.77. The molecule has 0 aliphatic heterocycles. The van der Waals surface area contributed by atoms with Crippen molar-refractivity contribution < 1.29 is 4.39 Å². The standard InChI is InChI=1S/C13H16ClF/c14-9-13(10-3-1-2-4-10)11-5-7-12(15)8-6-11/h5-8,10,13H,1-4,9H2. The molecule has 0 amide bonds. The van der Waals surface area contributed by atoms with Crippen LogP contribution in [-0.2, 0) is 0 Å². The molecule has 1 saturated carbocycles. The third kappa shape index (κ3) is 2.52. The van der Waals surface area contributed by atoms with Gasteiger partial charge in [0.2, 0.25) is 0 Å². The minimum atomic E-state index is -0.168. The van der Waals surface area contributed by atoms with Gasteiger partial charge in [-0.15, -0.1) is 11.6 Å². The smallest absolute Gasteiger partial charge is 0.123 e. The van der Waals surface area contributed by atoms with Crippen LogP contribution in [0.4, 0.5) is 4.39 Å². The van der Waals surface area contributed by atoms with Crippen molar-refractivity contribution >= 4 is 11.6 Å². The Kier molecular flexibility index (Phi) is 3.63. The summed E-state index contributed by atoms with van der Waals surface area (Å²) in [5.41, 5.74) is 1.19. The predicted molar refractivity (Wildman–Crippen MR) is 61.8 cm³/mol. The largest absolute Gasteiger partial charge is 0.207 e. The molecule has 0 N–H and O–H groups in total. The predicted octanol–water partition coefficient (Wildman–Crippen LogP) is 4.34. The summed E-state index contributed by atoms with van der Waals surface area (Å²) in [6.45, 7) is 0. The van der Waals surface area contributed by atoms with Crippen LogP contribution in [0, 0.1) is 11.7 Å². The Labute approximate surface area is 95.4 Å². The van der Waals surface area contributed by atoms with E-state index < -0.39 is 0 Å². The summed E-state index contributed by atoms with van der Waals surface area (Å²) < 4.78 is 12.8. The molecule has 0 bridgehead atoms. The van der Waals surface area contributed by atoms with Crippen molar-refractivity contribution in [1.29, 1.82) is 0 Å². The van der Waals surface area contributed by atoms with E-state index in [1.165, 1.54) is 43.4 Å². The molecule has 0 heterocycles. The fourth-order valence-corrected chi connectivity index (χ4v) is 2.99. The number of alkyl halides is 1. The normalized spacial score (nSPS) is 19.3. The summed E-state index contributed by atoms with van der Waals surface area (Å²) in [7, 11) is 0. The van der Waals surface area contributed by atoms with Gasteiger partial charge in [0.15, 0.2) is 0 Å². The number of halogens is 2. The number of hydrogen-bond acceptors (Lipinski definition) is 0. The molecule has 15 heavy (non-hydrogen) atoms. The quantitative estimate of drug-likeness (QED) is 0.673. The monoisotopic (exact) mass is 226 g/mol. The lowest BCUT2D eigenvalue weighted by molar-refractivity contribution is 0.464. The van der Waals surface area contributed by atoms with E-state index in [1.807, 2.05) is 12.1 Å². The lowest BCUT2D eigenvalue weighted by Gasteiger charge is -2.21. The average Bonchev–Trinajstić information content (AvgIpc) is 2.75. The van der Waals surface area contributed by atoms with Crippen LogP contribution in [0.25, 0.3) is 0 Å². The Balaban J connectivity index is 2.14. The van der Waals surface area contributed by atoms with Crippen LogP contribution in [0.2, 0.25) is 0 Å². The van der Waals surface area contributed by atoms with E-state index in [0.717, 1.165) is 0 Å². The second-order valence-corrected chi connectivity index (χ2v) is 4.67. The highest BCUT2D eigenvalue weighted by atomic mass is 35.5. The molecule has 82 valence electrons. The maximum absolute atomic E-state index is 12.8. The first-order chi connectivity index (χ1) is 7.31. The highest BCUT2D eigenvalue weighted by Gasteiger charge is 2.25. The van der Waals surface area contributed by atoms with Crippen LogP contribution >= 0.6 is 11.6 Å². The van der Waals surface area contributed by atoms with Gasteiger partial charge in [-0.2, -0.15) is 0 Å². The molecule has 0 nitrogen and oxygen atoms in total. The molecule has 1 aromatic carbocycles. The van der Waals surface area contributed by atoms with Crippen LogP contribution in [0.15, 0.2) is 24.3 Å². The SMILES string of the molecule is Fc1ccc(C(CCl)C2CCCC2)cc1. The van der Waals surface area contributed by atoms with Gasteiger partial charge in [0.1, 0.15) is 5.82 Å². The fourth-order valence-electron chi connectivity index (χ4n) is 2.56. The summed E-state index contributed by atoms with van der Waals surface area (Å²) in [6.07, 6.45) is 5.18. The van der Waals surface area contributed by atoms with Crippen LogP contribution in [0.3, 0.4) is 0 Å². The second kappa shape index (κ2) is 4.98. The van der Waals surface area contributed by atoms with Gasteiger partial charge in [-0.05, 0) is 36.5 Å². The van der Waals surface area contributed by atoms with E-state index in [-0.39, 0.29) is 5.82 Å². The molecule has 2 heteroatoms. The van der Waals surface area contributed by atoms with Gasteiger partial charge in [0.05, 0.1) is 0 Å². The molecule has 1 unspecified atom stereocenters. The van der Waals surface area contributed by atoms with Gasteiger partial charge in [-0.25, -0.2) is 4.39 Å². The molecule has 1 fully saturated rings. The number of benzene rings is 1. The first-order valence-electron chi connectivity index (χ1n) is 5.62. The average molecular weight is 227 g/mol. The Morgan fingerprint density at radius 3 is 2.33 bits per heavy atom. The van der Waals surface area contributed by atoms with Crippen LogP contribution in [0.5, 0.6) is 0 Å². The van der Waals surface area contributed by atoms with Gasteiger partial charge < -0.3 is 0 Å². The van der Waals surface area contributed by atoms with Gasteiger partial charge in [-0.3, -0.25) is 0 Å². The topological polar surface area (TPSA) is 0 Å². The first-order valence-corrected chi connectivity index (χ1v) is 6.16. The van der Waals surface area contributed by atoms with E-state index in [2.05, 4.69) is 0 Å². The zero-order valence-corrected chi connectivity index (χ0v) is 9.51. The minimum Gasteiger partial charge on any atom is -0.207 e. The Hall–Kier alpha value is -0.560. The molecule has 1 atom stereocenters. The van der Waals surface area contributed by atoms with Crippen molar-refractivity contribution in [2.45, 2.75) is 31.6 Å². The fraction of sp³-hybridized carbons (Fsp3) is 0.538. The van der Waals surface area contributed by atoms with Gasteiger partial charge in [-0.1, -0.05) is 25.0 Å². The Morgan fingerprint density at radius 1 is 1.20 bits per heavy atom. The number of rotatable bonds is 3. The molecule has 1 aliphatic rings. The van der Waals surface area contributed by atoms with Gasteiger partial charge in [0.25, 0.3) is 0 Å². The summed E-state index contributed by atoms with van der Waals surface area (Å²) in [5.74, 6) is 1.59. The lowest BCUT2D eigenvalue weighted by Crippen LogP contribution is -2.11. The van der Waals surface area contributed by atoms with Crippen LogP contribution in [0.1, 0.15) is 37.2 Å². The van der Waals surface area contributed by atoms with E-state index in [0.29, 0.717) is 17.7 Å².